The molecule has 0 aromatic carbocycles. The second-order valence-corrected chi connectivity index (χ2v) is 6.90. The highest BCUT2D eigenvalue weighted by atomic mass is 16.5. The number of carbonyl (C=O) groups is 2. The molecule has 2 amide bonds. The van der Waals surface area contributed by atoms with Gasteiger partial charge in [0.05, 0.1) is 0 Å². The topological polar surface area (TPSA) is 88.3 Å². The molecule has 7 heteroatoms. The molecule has 2 heterocycles. The zero-order valence-electron chi connectivity index (χ0n) is 15.4. The van der Waals surface area contributed by atoms with Gasteiger partial charge in [-0.3, -0.25) is 9.59 Å². The minimum absolute atomic E-state index is 0.0342. The Morgan fingerprint density at radius 3 is 2.92 bits per heavy atom. The monoisotopic (exact) mass is 350 g/mol. The second kappa shape index (κ2) is 10.2. The molecule has 1 atom stereocenters. The van der Waals surface area contributed by atoms with E-state index in [0.717, 1.165) is 38.2 Å². The van der Waals surface area contributed by atoms with Crippen molar-refractivity contribution in [3.63, 3.8) is 0 Å². The van der Waals surface area contributed by atoms with Crippen LogP contribution in [-0.4, -0.2) is 46.5 Å². The van der Waals surface area contributed by atoms with E-state index in [0.29, 0.717) is 44.0 Å². The summed E-state index contributed by atoms with van der Waals surface area (Å²) < 4.78 is 5.14. The Balaban J connectivity index is 1.56. The Hall–Kier alpha value is -1.92. The molecule has 1 aliphatic heterocycles. The summed E-state index contributed by atoms with van der Waals surface area (Å²) >= 11 is 0. The molecule has 140 valence electrons. The predicted molar refractivity (Wildman–Crippen MR) is 93.8 cm³/mol. The number of nitrogens with zero attached hydrogens (tertiary/aromatic N) is 3. The van der Waals surface area contributed by atoms with Gasteiger partial charge in [-0.1, -0.05) is 19.0 Å². The number of hydrogen-bond acceptors (Lipinski definition) is 5. The fourth-order valence-electron chi connectivity index (χ4n) is 3.09. The number of piperidine rings is 1. The fourth-order valence-corrected chi connectivity index (χ4v) is 3.09. The molecule has 1 unspecified atom stereocenters. The van der Waals surface area contributed by atoms with E-state index in [1.165, 1.54) is 6.42 Å². The summed E-state index contributed by atoms with van der Waals surface area (Å²) in [6.07, 6.45) is 6.12. The number of likely N-dealkylation sites (tertiary alicyclic amines) is 1. The lowest BCUT2D eigenvalue weighted by molar-refractivity contribution is -0.132. The van der Waals surface area contributed by atoms with Crippen LogP contribution in [0.2, 0.25) is 0 Å². The van der Waals surface area contributed by atoms with Crippen LogP contribution < -0.4 is 5.32 Å². The number of rotatable bonds is 9. The second-order valence-electron chi connectivity index (χ2n) is 6.90. The van der Waals surface area contributed by atoms with Crippen LogP contribution in [0.1, 0.15) is 64.1 Å². The molecule has 1 aromatic rings. The first kappa shape index (κ1) is 19.4. The summed E-state index contributed by atoms with van der Waals surface area (Å²) in [4.78, 5) is 30.2. The van der Waals surface area contributed by atoms with Crippen molar-refractivity contribution in [1.82, 2.24) is 20.4 Å². The average Bonchev–Trinajstić information content (AvgIpc) is 3.02. The van der Waals surface area contributed by atoms with Crippen LogP contribution in [0.15, 0.2) is 4.52 Å². The molecule has 2 rings (SSSR count). The Bertz CT molecular complexity index is 558. The zero-order valence-corrected chi connectivity index (χ0v) is 15.4. The van der Waals surface area contributed by atoms with Gasteiger partial charge in [-0.2, -0.15) is 4.98 Å². The highest BCUT2D eigenvalue weighted by Crippen LogP contribution is 2.15. The van der Waals surface area contributed by atoms with E-state index in [1.807, 2.05) is 4.90 Å². The molecular weight excluding hydrogens is 320 g/mol. The quantitative estimate of drug-likeness (QED) is 0.737. The molecule has 0 spiro atoms. The molecular formula is C18H30N4O3. The largest absolute Gasteiger partial charge is 0.356 e. The first-order valence-electron chi connectivity index (χ1n) is 9.44. The summed E-state index contributed by atoms with van der Waals surface area (Å²) in [6, 6.07) is 0. The summed E-state index contributed by atoms with van der Waals surface area (Å²) in [6.45, 7) is 6.34. The van der Waals surface area contributed by atoms with E-state index in [9.17, 15) is 9.59 Å². The van der Waals surface area contributed by atoms with Crippen LogP contribution in [0.25, 0.3) is 0 Å². The first-order chi connectivity index (χ1) is 12.1. The van der Waals surface area contributed by atoms with Crippen LogP contribution in [0, 0.1) is 5.92 Å². The summed E-state index contributed by atoms with van der Waals surface area (Å²) in [5, 5.41) is 6.72. The maximum atomic E-state index is 12.1. The maximum absolute atomic E-state index is 12.1. The van der Waals surface area contributed by atoms with Gasteiger partial charge in [0.25, 0.3) is 0 Å². The summed E-state index contributed by atoms with van der Waals surface area (Å²) in [5.41, 5.74) is 0. The number of carbonyl (C=O) groups excluding carboxylic acids is 2. The third-order valence-corrected chi connectivity index (χ3v) is 4.45. The van der Waals surface area contributed by atoms with Crippen molar-refractivity contribution in [2.75, 3.05) is 19.6 Å². The van der Waals surface area contributed by atoms with Crippen LogP contribution in [0.5, 0.6) is 0 Å². The van der Waals surface area contributed by atoms with E-state index >= 15 is 0 Å². The predicted octanol–water partition coefficient (Wildman–Crippen LogP) is 2.11. The van der Waals surface area contributed by atoms with Gasteiger partial charge in [-0.05, 0) is 31.6 Å². The normalized spacial score (nSPS) is 17.5. The van der Waals surface area contributed by atoms with Gasteiger partial charge in [0.15, 0.2) is 5.82 Å². The number of aromatic nitrogens is 2. The Labute approximate surface area is 149 Å². The highest BCUT2D eigenvalue weighted by Gasteiger charge is 2.20. The third-order valence-electron chi connectivity index (χ3n) is 4.45. The van der Waals surface area contributed by atoms with Crippen molar-refractivity contribution in [3.05, 3.63) is 11.7 Å². The number of amides is 2. The van der Waals surface area contributed by atoms with Gasteiger partial charge in [0, 0.05) is 45.3 Å². The van der Waals surface area contributed by atoms with Crippen molar-refractivity contribution in [3.8, 4) is 0 Å². The molecule has 1 saturated heterocycles. The van der Waals surface area contributed by atoms with Crippen LogP contribution in [-0.2, 0) is 22.4 Å². The minimum atomic E-state index is -0.0342. The van der Waals surface area contributed by atoms with Crippen molar-refractivity contribution >= 4 is 11.8 Å². The van der Waals surface area contributed by atoms with Gasteiger partial charge in [-0.15, -0.1) is 0 Å². The fraction of sp³-hybridized carbons (Fsp3) is 0.778. The van der Waals surface area contributed by atoms with Crippen molar-refractivity contribution < 1.29 is 14.1 Å². The van der Waals surface area contributed by atoms with E-state index in [4.69, 9.17) is 4.52 Å². The van der Waals surface area contributed by atoms with Crippen LogP contribution >= 0.6 is 0 Å². The van der Waals surface area contributed by atoms with E-state index in [1.54, 1.807) is 0 Å². The summed E-state index contributed by atoms with van der Waals surface area (Å²) in [5.74, 6) is 2.00. The molecule has 25 heavy (non-hydrogen) atoms. The van der Waals surface area contributed by atoms with Crippen molar-refractivity contribution in [2.24, 2.45) is 5.92 Å². The molecule has 1 aromatic heterocycles. The SMILES string of the molecule is CCCc1noc(CCCC(=O)NCCC(=O)N2CCCC(C)C2)n1. The number of nitrogens with one attached hydrogen (secondary N) is 1. The third kappa shape index (κ3) is 6.84. The van der Waals surface area contributed by atoms with Gasteiger partial charge >= 0.3 is 0 Å². The van der Waals surface area contributed by atoms with Crippen LogP contribution in [0.4, 0.5) is 0 Å². The Morgan fingerprint density at radius 1 is 1.32 bits per heavy atom. The molecule has 0 bridgehead atoms. The van der Waals surface area contributed by atoms with Crippen LogP contribution in [0.3, 0.4) is 0 Å². The number of hydrogen-bond donors (Lipinski definition) is 1. The smallest absolute Gasteiger partial charge is 0.226 e. The van der Waals surface area contributed by atoms with Crippen molar-refractivity contribution in [2.45, 2.75) is 65.2 Å². The Kier molecular flexibility index (Phi) is 7.88. The lowest BCUT2D eigenvalue weighted by Crippen LogP contribution is -2.40. The van der Waals surface area contributed by atoms with E-state index in [2.05, 4.69) is 29.3 Å². The van der Waals surface area contributed by atoms with Crippen molar-refractivity contribution in [1.29, 1.82) is 0 Å². The molecule has 0 saturated carbocycles. The zero-order chi connectivity index (χ0) is 18.1. The standard InChI is InChI=1S/C18H30N4O3/c1-3-6-15-20-17(25-21-15)9-4-8-16(23)19-11-10-18(24)22-12-5-7-14(2)13-22/h14H,3-13H2,1-2H3,(H,19,23). The molecule has 7 nitrogen and oxygen atoms in total. The number of aryl methyl sites for hydroxylation is 2. The molecule has 1 N–H and O–H groups in total. The van der Waals surface area contributed by atoms with Gasteiger partial charge in [0.2, 0.25) is 17.7 Å². The maximum Gasteiger partial charge on any atom is 0.226 e. The van der Waals surface area contributed by atoms with E-state index in [-0.39, 0.29) is 11.8 Å². The summed E-state index contributed by atoms with van der Waals surface area (Å²) in [7, 11) is 0. The Morgan fingerprint density at radius 2 is 2.16 bits per heavy atom. The molecule has 0 radical (unpaired) electrons. The molecule has 0 aliphatic carbocycles. The minimum Gasteiger partial charge on any atom is -0.356 e. The lowest BCUT2D eigenvalue weighted by Gasteiger charge is -2.31. The molecule has 1 fully saturated rings. The lowest BCUT2D eigenvalue weighted by atomic mass is 10.00. The molecule has 1 aliphatic rings. The first-order valence-corrected chi connectivity index (χ1v) is 9.44. The van der Waals surface area contributed by atoms with Gasteiger partial charge < -0.3 is 14.7 Å². The van der Waals surface area contributed by atoms with E-state index < -0.39 is 0 Å². The average molecular weight is 350 g/mol. The highest BCUT2D eigenvalue weighted by molar-refractivity contribution is 5.79. The van der Waals surface area contributed by atoms with Gasteiger partial charge in [-0.25, -0.2) is 0 Å². The van der Waals surface area contributed by atoms with Gasteiger partial charge in [0.1, 0.15) is 0 Å².